The van der Waals surface area contributed by atoms with Crippen molar-refractivity contribution in [2.45, 2.75) is 6.92 Å². The first kappa shape index (κ1) is 19.6. The molecule has 3 aromatic rings. The van der Waals surface area contributed by atoms with Gasteiger partial charge in [0.1, 0.15) is 0 Å². The van der Waals surface area contributed by atoms with Crippen LogP contribution in [-0.4, -0.2) is 18.4 Å². The largest absolute Gasteiger partial charge is 0.342 e. The van der Waals surface area contributed by atoms with E-state index in [0.29, 0.717) is 10.9 Å². The summed E-state index contributed by atoms with van der Waals surface area (Å²) in [6.45, 7) is 1.50. The summed E-state index contributed by atoms with van der Waals surface area (Å²) < 4.78 is 39.7. The van der Waals surface area contributed by atoms with Crippen LogP contribution in [-0.2, 0) is 4.79 Å². The summed E-state index contributed by atoms with van der Waals surface area (Å²) in [5.74, 6) is -5.77. The maximum atomic E-state index is 13.6. The van der Waals surface area contributed by atoms with Crippen LogP contribution >= 0.6 is 11.3 Å². The highest BCUT2D eigenvalue weighted by molar-refractivity contribution is 7.12. The lowest BCUT2D eigenvalue weighted by Crippen LogP contribution is -2.33. The Bertz CT molecular complexity index is 1030. The van der Waals surface area contributed by atoms with Gasteiger partial charge in [0.2, 0.25) is 5.91 Å². The van der Waals surface area contributed by atoms with E-state index in [1.807, 2.05) is 31.2 Å². The van der Waals surface area contributed by atoms with Gasteiger partial charge in [-0.3, -0.25) is 9.59 Å². The van der Waals surface area contributed by atoms with Crippen LogP contribution in [0.5, 0.6) is 0 Å². The number of nitrogens with one attached hydrogen (secondary N) is 2. The molecule has 0 saturated heterocycles. The standard InChI is InChI=1S/C20H15F3N2O2S/c1-11-2-4-12(5-3-11)13-8-9-28-19(13)20(27)24-10-16(26)25-15-7-6-14(21)17(22)18(15)23/h2-9H,10H2,1H3,(H,24,27)(H,25,26). The summed E-state index contributed by atoms with van der Waals surface area (Å²) in [4.78, 5) is 24.8. The van der Waals surface area contributed by atoms with Crippen LogP contribution < -0.4 is 10.6 Å². The zero-order chi connectivity index (χ0) is 20.3. The van der Waals surface area contributed by atoms with E-state index in [1.165, 1.54) is 11.3 Å². The average Bonchev–Trinajstić information content (AvgIpc) is 3.17. The van der Waals surface area contributed by atoms with Crippen LogP contribution in [0.25, 0.3) is 11.1 Å². The van der Waals surface area contributed by atoms with Gasteiger partial charge >= 0.3 is 0 Å². The molecule has 2 aromatic carbocycles. The lowest BCUT2D eigenvalue weighted by molar-refractivity contribution is -0.115. The lowest BCUT2D eigenvalue weighted by Gasteiger charge is -2.09. The monoisotopic (exact) mass is 404 g/mol. The summed E-state index contributed by atoms with van der Waals surface area (Å²) in [7, 11) is 0. The highest BCUT2D eigenvalue weighted by Gasteiger charge is 2.18. The van der Waals surface area contributed by atoms with E-state index in [1.54, 1.807) is 11.4 Å². The zero-order valence-corrected chi connectivity index (χ0v) is 15.5. The minimum atomic E-state index is -1.68. The van der Waals surface area contributed by atoms with E-state index in [-0.39, 0.29) is 0 Å². The number of aryl methyl sites for hydroxylation is 1. The number of halogens is 3. The Morgan fingerprint density at radius 2 is 1.68 bits per heavy atom. The fraction of sp³-hybridized carbons (Fsp3) is 0.100. The average molecular weight is 404 g/mol. The summed E-state index contributed by atoms with van der Waals surface area (Å²) >= 11 is 1.22. The molecule has 2 amide bonds. The van der Waals surface area contributed by atoms with Gasteiger partial charge in [-0.15, -0.1) is 11.3 Å². The van der Waals surface area contributed by atoms with Crippen molar-refractivity contribution in [1.82, 2.24) is 5.32 Å². The van der Waals surface area contributed by atoms with Crippen molar-refractivity contribution in [2.24, 2.45) is 0 Å². The smallest absolute Gasteiger partial charge is 0.262 e. The van der Waals surface area contributed by atoms with Gasteiger partial charge in [0.25, 0.3) is 5.91 Å². The van der Waals surface area contributed by atoms with Crippen LogP contribution in [0.3, 0.4) is 0 Å². The second kappa shape index (κ2) is 8.26. The fourth-order valence-corrected chi connectivity index (χ4v) is 3.34. The molecule has 144 valence electrons. The molecule has 0 atom stereocenters. The molecule has 0 aliphatic heterocycles. The molecule has 8 heteroatoms. The van der Waals surface area contributed by atoms with E-state index < -0.39 is 41.5 Å². The quantitative estimate of drug-likeness (QED) is 0.615. The van der Waals surface area contributed by atoms with E-state index in [2.05, 4.69) is 10.6 Å². The molecule has 0 radical (unpaired) electrons. The number of thiophene rings is 1. The topological polar surface area (TPSA) is 58.2 Å². The van der Waals surface area contributed by atoms with Crippen molar-refractivity contribution in [2.75, 3.05) is 11.9 Å². The van der Waals surface area contributed by atoms with Gasteiger partial charge in [-0.05, 0) is 36.1 Å². The molecule has 0 aliphatic rings. The zero-order valence-electron chi connectivity index (χ0n) is 14.7. The lowest BCUT2D eigenvalue weighted by atomic mass is 10.0. The Kier molecular flexibility index (Phi) is 5.79. The van der Waals surface area contributed by atoms with Crippen molar-refractivity contribution < 1.29 is 22.8 Å². The van der Waals surface area contributed by atoms with Gasteiger partial charge in [0, 0.05) is 5.56 Å². The maximum Gasteiger partial charge on any atom is 0.262 e. The highest BCUT2D eigenvalue weighted by Crippen LogP contribution is 2.28. The highest BCUT2D eigenvalue weighted by atomic mass is 32.1. The molecule has 0 saturated carbocycles. The Hall–Kier alpha value is -3.13. The Morgan fingerprint density at radius 3 is 2.39 bits per heavy atom. The normalized spacial score (nSPS) is 10.6. The molecule has 4 nitrogen and oxygen atoms in total. The predicted octanol–water partition coefficient (Wildman–Crippen LogP) is 4.51. The summed E-state index contributed by atoms with van der Waals surface area (Å²) in [5, 5.41) is 6.31. The molecule has 2 N–H and O–H groups in total. The minimum Gasteiger partial charge on any atom is -0.342 e. The molecule has 0 spiro atoms. The van der Waals surface area contributed by atoms with Crippen LogP contribution in [0, 0.1) is 24.4 Å². The number of carbonyl (C=O) groups excluding carboxylic acids is 2. The van der Waals surface area contributed by atoms with E-state index in [4.69, 9.17) is 0 Å². The number of rotatable bonds is 5. The van der Waals surface area contributed by atoms with Crippen molar-refractivity contribution >= 4 is 28.8 Å². The summed E-state index contributed by atoms with van der Waals surface area (Å²) in [5.41, 5.74) is 2.18. The number of anilines is 1. The van der Waals surface area contributed by atoms with Gasteiger partial charge < -0.3 is 10.6 Å². The SMILES string of the molecule is Cc1ccc(-c2ccsc2C(=O)NCC(=O)Nc2ccc(F)c(F)c2F)cc1. The first-order valence-corrected chi connectivity index (χ1v) is 9.11. The van der Waals surface area contributed by atoms with Gasteiger partial charge in [-0.25, -0.2) is 13.2 Å². The van der Waals surface area contributed by atoms with E-state index in [0.717, 1.165) is 22.8 Å². The van der Waals surface area contributed by atoms with Crippen LogP contribution in [0.1, 0.15) is 15.2 Å². The molecule has 3 rings (SSSR count). The van der Waals surface area contributed by atoms with Gasteiger partial charge in [-0.1, -0.05) is 29.8 Å². The molecule has 28 heavy (non-hydrogen) atoms. The number of hydrogen-bond acceptors (Lipinski definition) is 3. The molecule has 0 bridgehead atoms. The molecule has 0 aliphatic carbocycles. The van der Waals surface area contributed by atoms with Crippen molar-refractivity contribution in [3.63, 3.8) is 0 Å². The minimum absolute atomic E-state index is 0.427. The third-order valence-corrected chi connectivity index (χ3v) is 4.87. The first-order chi connectivity index (χ1) is 13.4. The molecular formula is C20H15F3N2O2S. The van der Waals surface area contributed by atoms with Crippen molar-refractivity contribution in [3.8, 4) is 11.1 Å². The third kappa shape index (κ3) is 4.23. The summed E-state index contributed by atoms with van der Waals surface area (Å²) in [6, 6.07) is 11.1. The number of hydrogen-bond donors (Lipinski definition) is 2. The second-order valence-corrected chi connectivity index (χ2v) is 6.90. The summed E-state index contributed by atoms with van der Waals surface area (Å²) in [6.07, 6.45) is 0. The Balaban J connectivity index is 1.65. The number of carbonyl (C=O) groups is 2. The predicted molar refractivity (Wildman–Crippen MR) is 102 cm³/mol. The fourth-order valence-electron chi connectivity index (χ4n) is 2.50. The van der Waals surface area contributed by atoms with E-state index >= 15 is 0 Å². The number of amides is 2. The molecular weight excluding hydrogens is 389 g/mol. The first-order valence-electron chi connectivity index (χ1n) is 8.23. The van der Waals surface area contributed by atoms with Gasteiger partial charge in [-0.2, -0.15) is 0 Å². The molecule has 0 fully saturated rings. The Morgan fingerprint density at radius 1 is 0.964 bits per heavy atom. The van der Waals surface area contributed by atoms with E-state index in [9.17, 15) is 22.8 Å². The second-order valence-electron chi connectivity index (χ2n) is 5.98. The van der Waals surface area contributed by atoms with Gasteiger partial charge in [0.05, 0.1) is 17.1 Å². The number of benzene rings is 2. The van der Waals surface area contributed by atoms with Gasteiger partial charge in [0.15, 0.2) is 17.5 Å². The van der Waals surface area contributed by atoms with Crippen molar-refractivity contribution in [1.29, 1.82) is 0 Å². The molecule has 0 unspecified atom stereocenters. The van der Waals surface area contributed by atoms with Crippen LogP contribution in [0.15, 0.2) is 47.8 Å². The van der Waals surface area contributed by atoms with Crippen LogP contribution in [0.4, 0.5) is 18.9 Å². The van der Waals surface area contributed by atoms with Crippen molar-refractivity contribution in [3.05, 3.63) is 75.7 Å². The Labute approximate surface area is 163 Å². The molecule has 1 aromatic heterocycles. The third-order valence-electron chi connectivity index (χ3n) is 3.95. The van der Waals surface area contributed by atoms with Crippen LogP contribution in [0.2, 0.25) is 0 Å². The maximum absolute atomic E-state index is 13.6. The molecule has 1 heterocycles.